The number of carbonyl (C=O) groups is 1. The van der Waals surface area contributed by atoms with Crippen LogP contribution in [0.3, 0.4) is 0 Å². The zero-order valence-electron chi connectivity index (χ0n) is 23.3. The SMILES string of the molecule is COc1ccc(N)c(CCNC2CCN(c3cc(C(=O)N4CCc5[nH]nc(-c6ccccc6)c5C4)ncn3)CC2)c1. The van der Waals surface area contributed by atoms with E-state index in [-0.39, 0.29) is 5.91 Å². The number of hydrogen-bond donors (Lipinski definition) is 3. The molecule has 1 saturated heterocycles. The normalized spacial score (nSPS) is 15.5. The number of amides is 1. The van der Waals surface area contributed by atoms with Crippen LogP contribution in [0, 0.1) is 0 Å². The Labute approximate surface area is 239 Å². The van der Waals surface area contributed by atoms with Crippen LogP contribution in [0.2, 0.25) is 0 Å². The van der Waals surface area contributed by atoms with Crippen molar-refractivity contribution in [2.45, 2.75) is 38.3 Å². The Kier molecular flexibility index (Phi) is 7.82. The third kappa shape index (κ3) is 5.88. The van der Waals surface area contributed by atoms with E-state index >= 15 is 0 Å². The molecule has 0 spiro atoms. The molecule has 0 radical (unpaired) electrons. The second-order valence-corrected chi connectivity index (χ2v) is 10.7. The Morgan fingerprint density at radius 3 is 2.73 bits per heavy atom. The van der Waals surface area contributed by atoms with Gasteiger partial charge in [-0.25, -0.2) is 9.97 Å². The second kappa shape index (κ2) is 12.0. The van der Waals surface area contributed by atoms with Crippen molar-refractivity contribution in [2.24, 2.45) is 0 Å². The minimum absolute atomic E-state index is 0.0760. The summed E-state index contributed by atoms with van der Waals surface area (Å²) < 4.78 is 5.33. The van der Waals surface area contributed by atoms with Gasteiger partial charge in [-0.1, -0.05) is 30.3 Å². The fraction of sp³-hybridized carbons (Fsp3) is 0.355. The van der Waals surface area contributed by atoms with E-state index in [0.717, 1.165) is 90.7 Å². The average molecular weight is 553 g/mol. The van der Waals surface area contributed by atoms with Crippen LogP contribution in [-0.2, 0) is 19.4 Å². The molecule has 2 aromatic carbocycles. The summed E-state index contributed by atoms with van der Waals surface area (Å²) in [6.45, 7) is 3.72. The summed E-state index contributed by atoms with van der Waals surface area (Å²) in [5.74, 6) is 1.55. The molecule has 0 atom stereocenters. The van der Waals surface area contributed by atoms with Crippen molar-refractivity contribution in [3.05, 3.63) is 83.4 Å². The molecular weight excluding hydrogens is 516 g/mol. The summed E-state index contributed by atoms with van der Waals surface area (Å²) >= 11 is 0. The minimum atomic E-state index is -0.0760. The van der Waals surface area contributed by atoms with Crippen LogP contribution in [-0.4, -0.2) is 70.3 Å². The lowest BCUT2D eigenvalue weighted by atomic mass is 10.0. The first-order chi connectivity index (χ1) is 20.1. The smallest absolute Gasteiger partial charge is 0.272 e. The third-order valence-electron chi connectivity index (χ3n) is 8.14. The van der Waals surface area contributed by atoms with Crippen LogP contribution >= 0.6 is 0 Å². The number of aromatic amines is 1. The van der Waals surface area contributed by atoms with Crippen molar-refractivity contribution >= 4 is 17.4 Å². The number of fused-ring (bicyclic) bond motifs is 1. The molecule has 2 aliphatic rings. The molecule has 10 nitrogen and oxygen atoms in total. The highest BCUT2D eigenvalue weighted by Gasteiger charge is 2.28. The Morgan fingerprint density at radius 1 is 1.10 bits per heavy atom. The first-order valence-electron chi connectivity index (χ1n) is 14.2. The van der Waals surface area contributed by atoms with E-state index in [4.69, 9.17) is 10.5 Å². The summed E-state index contributed by atoms with van der Waals surface area (Å²) in [4.78, 5) is 26.5. The van der Waals surface area contributed by atoms with Gasteiger partial charge >= 0.3 is 0 Å². The van der Waals surface area contributed by atoms with Gasteiger partial charge in [0.25, 0.3) is 5.91 Å². The van der Waals surface area contributed by atoms with Crippen molar-refractivity contribution in [1.29, 1.82) is 0 Å². The number of aromatic nitrogens is 4. The molecule has 4 aromatic rings. The molecule has 10 heteroatoms. The van der Waals surface area contributed by atoms with Crippen LogP contribution in [0.4, 0.5) is 11.5 Å². The molecule has 4 heterocycles. The van der Waals surface area contributed by atoms with Gasteiger partial charge < -0.3 is 25.6 Å². The largest absolute Gasteiger partial charge is 0.497 e. The summed E-state index contributed by atoms with van der Waals surface area (Å²) in [5, 5.41) is 11.4. The van der Waals surface area contributed by atoms with E-state index < -0.39 is 0 Å². The molecule has 41 heavy (non-hydrogen) atoms. The summed E-state index contributed by atoms with van der Waals surface area (Å²) in [6.07, 6.45) is 5.10. The first-order valence-corrected chi connectivity index (χ1v) is 14.2. The van der Waals surface area contributed by atoms with Crippen molar-refractivity contribution in [3.63, 3.8) is 0 Å². The average Bonchev–Trinajstić information content (AvgIpc) is 3.46. The maximum Gasteiger partial charge on any atom is 0.272 e. The number of rotatable bonds is 8. The van der Waals surface area contributed by atoms with Crippen LogP contribution in [0.15, 0.2) is 60.9 Å². The number of nitrogen functional groups attached to an aromatic ring is 1. The van der Waals surface area contributed by atoms with Crippen molar-refractivity contribution in [3.8, 4) is 17.0 Å². The van der Waals surface area contributed by atoms with Crippen LogP contribution < -0.4 is 20.7 Å². The lowest BCUT2D eigenvalue weighted by Crippen LogP contribution is -2.43. The zero-order chi connectivity index (χ0) is 28.2. The topological polar surface area (TPSA) is 125 Å². The fourth-order valence-corrected chi connectivity index (χ4v) is 5.75. The molecule has 0 saturated carbocycles. The summed E-state index contributed by atoms with van der Waals surface area (Å²) in [7, 11) is 1.67. The number of anilines is 2. The molecule has 2 aliphatic heterocycles. The van der Waals surface area contributed by atoms with Gasteiger partial charge in [0.05, 0.1) is 19.3 Å². The van der Waals surface area contributed by atoms with E-state index in [2.05, 4.69) is 30.4 Å². The molecule has 2 aromatic heterocycles. The highest BCUT2D eigenvalue weighted by molar-refractivity contribution is 5.93. The van der Waals surface area contributed by atoms with E-state index in [0.29, 0.717) is 24.8 Å². The van der Waals surface area contributed by atoms with Gasteiger partial charge in [0, 0.05) is 60.7 Å². The second-order valence-electron chi connectivity index (χ2n) is 10.7. The molecule has 0 aliphatic carbocycles. The molecule has 0 bridgehead atoms. The van der Waals surface area contributed by atoms with E-state index in [9.17, 15) is 4.79 Å². The molecule has 4 N–H and O–H groups in total. The van der Waals surface area contributed by atoms with E-state index in [1.54, 1.807) is 7.11 Å². The van der Waals surface area contributed by atoms with Crippen LogP contribution in [0.25, 0.3) is 11.3 Å². The lowest BCUT2D eigenvalue weighted by Gasteiger charge is -2.33. The first kappa shape index (κ1) is 26.8. The number of nitrogens with two attached hydrogens (primary N) is 1. The number of benzene rings is 2. The number of piperidine rings is 1. The number of nitrogens with one attached hydrogen (secondary N) is 2. The maximum absolute atomic E-state index is 13.5. The van der Waals surface area contributed by atoms with Gasteiger partial charge in [-0.2, -0.15) is 5.10 Å². The van der Waals surface area contributed by atoms with Gasteiger partial charge in [0.15, 0.2) is 0 Å². The number of ether oxygens (including phenoxy) is 1. The molecule has 1 amide bonds. The van der Waals surface area contributed by atoms with Crippen molar-refractivity contribution in [2.75, 3.05) is 43.9 Å². The van der Waals surface area contributed by atoms with Gasteiger partial charge in [-0.3, -0.25) is 9.89 Å². The fourth-order valence-electron chi connectivity index (χ4n) is 5.75. The lowest BCUT2D eigenvalue weighted by molar-refractivity contribution is 0.0728. The third-order valence-corrected chi connectivity index (χ3v) is 8.14. The molecule has 6 rings (SSSR count). The molecule has 212 valence electrons. The Bertz CT molecular complexity index is 1500. The monoisotopic (exact) mass is 552 g/mol. The van der Waals surface area contributed by atoms with E-state index in [1.165, 1.54) is 6.33 Å². The van der Waals surface area contributed by atoms with E-state index in [1.807, 2.05) is 59.5 Å². The molecule has 1 fully saturated rings. The Morgan fingerprint density at radius 2 is 1.93 bits per heavy atom. The summed E-state index contributed by atoms with van der Waals surface area (Å²) in [6, 6.07) is 18.1. The van der Waals surface area contributed by atoms with Crippen LogP contribution in [0.1, 0.15) is 40.2 Å². The Hall–Kier alpha value is -4.44. The van der Waals surface area contributed by atoms with Crippen molar-refractivity contribution < 1.29 is 9.53 Å². The van der Waals surface area contributed by atoms with Gasteiger partial charge in [-0.05, 0) is 49.6 Å². The number of methoxy groups -OCH3 is 1. The molecule has 0 unspecified atom stereocenters. The minimum Gasteiger partial charge on any atom is -0.497 e. The van der Waals surface area contributed by atoms with Gasteiger partial charge in [-0.15, -0.1) is 0 Å². The predicted molar refractivity (Wildman–Crippen MR) is 159 cm³/mol. The van der Waals surface area contributed by atoms with Crippen molar-refractivity contribution in [1.82, 2.24) is 30.4 Å². The van der Waals surface area contributed by atoms with Crippen LogP contribution in [0.5, 0.6) is 5.75 Å². The number of nitrogens with zero attached hydrogens (tertiary/aromatic N) is 5. The summed E-state index contributed by atoms with van der Waals surface area (Å²) in [5.41, 5.74) is 12.6. The standard InChI is InChI=1S/C31H36N8O2/c1-41-24-7-8-26(32)22(17-24)9-13-33-23-10-14-38(15-11-23)29-18-28(34-20-35-29)31(40)39-16-12-27-25(19-39)30(37-36-27)21-5-3-2-4-6-21/h2-8,17-18,20,23,33H,9-16,19,32H2,1H3,(H,36,37). The number of hydrogen-bond acceptors (Lipinski definition) is 8. The highest BCUT2D eigenvalue weighted by atomic mass is 16.5. The van der Waals surface area contributed by atoms with Gasteiger partial charge in [0.1, 0.15) is 23.6 Å². The maximum atomic E-state index is 13.5. The quantitative estimate of drug-likeness (QED) is 0.284. The molecular formula is C31H36N8O2. The number of H-pyrrole nitrogens is 1. The Balaban J connectivity index is 1.04. The highest BCUT2D eigenvalue weighted by Crippen LogP contribution is 2.29. The predicted octanol–water partition coefficient (Wildman–Crippen LogP) is 3.46. The zero-order valence-corrected chi connectivity index (χ0v) is 23.3. The van der Waals surface area contributed by atoms with Gasteiger partial charge in [0.2, 0.25) is 0 Å². The number of carbonyl (C=O) groups excluding carboxylic acids is 1.